The van der Waals surface area contributed by atoms with Crippen molar-refractivity contribution in [1.29, 1.82) is 0 Å². The van der Waals surface area contributed by atoms with Gasteiger partial charge in [0.25, 0.3) is 10.0 Å². The topological polar surface area (TPSA) is 111 Å². The van der Waals surface area contributed by atoms with Crippen molar-refractivity contribution < 1.29 is 22.4 Å². The van der Waals surface area contributed by atoms with E-state index in [2.05, 4.69) is 4.72 Å². The molecule has 3 aromatic rings. The molecular weight excluding hydrogens is 402 g/mol. The number of fused-ring (bicyclic) bond motifs is 1. The maximum absolute atomic E-state index is 12.6. The molecule has 1 N–H and O–H groups in total. The van der Waals surface area contributed by atoms with Crippen LogP contribution in [0.4, 0.5) is 5.69 Å². The fourth-order valence-electron chi connectivity index (χ4n) is 2.41. The molecule has 0 bridgehead atoms. The van der Waals surface area contributed by atoms with Gasteiger partial charge in [-0.25, -0.2) is 13.2 Å². The molecule has 1 aromatic heterocycles. The number of benzene rings is 2. The average molecular weight is 417 g/mol. The van der Waals surface area contributed by atoms with Crippen molar-refractivity contribution in [3.8, 4) is 0 Å². The van der Waals surface area contributed by atoms with E-state index in [9.17, 15) is 22.8 Å². The van der Waals surface area contributed by atoms with E-state index in [0.717, 1.165) is 11.8 Å². The molecule has 0 spiro atoms. The average Bonchev–Trinajstić information content (AvgIpc) is 2.65. The minimum atomic E-state index is -3.87. The lowest BCUT2D eigenvalue weighted by Gasteiger charge is -2.09. The lowest BCUT2D eigenvalue weighted by molar-refractivity contribution is -0.109. The Morgan fingerprint density at radius 1 is 1.04 bits per heavy atom. The van der Waals surface area contributed by atoms with E-state index in [1.165, 1.54) is 61.5 Å². The van der Waals surface area contributed by atoms with Crippen LogP contribution in [0.2, 0.25) is 0 Å². The number of thioether (sulfide) groups is 1. The fraction of sp³-hybridized carbons (Fsp3) is 0.105. The lowest BCUT2D eigenvalue weighted by Crippen LogP contribution is -2.13. The highest BCUT2D eigenvalue weighted by molar-refractivity contribution is 8.14. The van der Waals surface area contributed by atoms with Crippen LogP contribution in [0.1, 0.15) is 17.3 Å². The van der Waals surface area contributed by atoms with E-state index in [4.69, 9.17) is 4.42 Å². The van der Waals surface area contributed by atoms with E-state index in [1.807, 2.05) is 0 Å². The maximum Gasteiger partial charge on any atom is 0.336 e. The second-order valence-corrected chi connectivity index (χ2v) is 8.68. The molecule has 28 heavy (non-hydrogen) atoms. The first-order valence-electron chi connectivity index (χ1n) is 8.08. The zero-order valence-electron chi connectivity index (χ0n) is 14.7. The van der Waals surface area contributed by atoms with Crippen LogP contribution in [0.15, 0.2) is 68.7 Å². The highest BCUT2D eigenvalue weighted by Crippen LogP contribution is 2.21. The molecule has 0 fully saturated rings. The summed E-state index contributed by atoms with van der Waals surface area (Å²) in [5.41, 5.74) is 0.447. The Balaban J connectivity index is 1.78. The number of nitrogens with one attached hydrogen (secondary N) is 1. The Bertz CT molecular complexity index is 1210. The van der Waals surface area contributed by atoms with Gasteiger partial charge >= 0.3 is 5.63 Å². The summed E-state index contributed by atoms with van der Waals surface area (Å²) in [6.07, 6.45) is 0. The summed E-state index contributed by atoms with van der Waals surface area (Å²) in [6, 6.07) is 12.8. The van der Waals surface area contributed by atoms with Gasteiger partial charge in [-0.05, 0) is 48.5 Å². The minimum Gasteiger partial charge on any atom is -0.423 e. The van der Waals surface area contributed by atoms with E-state index >= 15 is 0 Å². The molecule has 0 aliphatic rings. The van der Waals surface area contributed by atoms with Gasteiger partial charge < -0.3 is 4.42 Å². The summed E-state index contributed by atoms with van der Waals surface area (Å²) in [5.74, 6) is -0.182. The Morgan fingerprint density at radius 2 is 1.75 bits per heavy atom. The smallest absolute Gasteiger partial charge is 0.336 e. The molecule has 0 aliphatic carbocycles. The largest absolute Gasteiger partial charge is 0.423 e. The van der Waals surface area contributed by atoms with Crippen molar-refractivity contribution in [1.82, 2.24) is 0 Å². The second kappa shape index (κ2) is 7.99. The van der Waals surface area contributed by atoms with Crippen molar-refractivity contribution in [3.05, 3.63) is 70.6 Å². The quantitative estimate of drug-likeness (QED) is 0.485. The third kappa shape index (κ3) is 4.68. The highest BCUT2D eigenvalue weighted by atomic mass is 32.2. The van der Waals surface area contributed by atoms with E-state index in [0.29, 0.717) is 10.9 Å². The number of sulfonamides is 1. The molecular formula is C19H15NO6S2. The molecule has 0 amide bonds. The Labute approximate surface area is 164 Å². The van der Waals surface area contributed by atoms with Crippen molar-refractivity contribution in [2.24, 2.45) is 0 Å². The van der Waals surface area contributed by atoms with Gasteiger partial charge in [-0.2, -0.15) is 0 Å². The van der Waals surface area contributed by atoms with Crippen molar-refractivity contribution in [3.63, 3.8) is 0 Å². The highest BCUT2D eigenvalue weighted by Gasteiger charge is 2.16. The maximum atomic E-state index is 12.6. The number of rotatable bonds is 6. The van der Waals surface area contributed by atoms with Gasteiger partial charge in [0.1, 0.15) is 5.58 Å². The summed E-state index contributed by atoms with van der Waals surface area (Å²) < 4.78 is 32.6. The van der Waals surface area contributed by atoms with Crippen LogP contribution in [-0.4, -0.2) is 25.1 Å². The lowest BCUT2D eigenvalue weighted by atomic mass is 10.1. The fourth-order valence-corrected chi connectivity index (χ4v) is 4.00. The second-order valence-electron chi connectivity index (χ2n) is 5.84. The number of hydrogen-bond acceptors (Lipinski definition) is 7. The molecule has 3 rings (SSSR count). The number of anilines is 1. The Hall–Kier alpha value is -2.91. The third-order valence-corrected chi connectivity index (χ3v) is 5.96. The van der Waals surface area contributed by atoms with Crippen LogP contribution in [0.5, 0.6) is 0 Å². The molecule has 0 unspecified atom stereocenters. The minimum absolute atomic E-state index is 0.00635. The van der Waals surface area contributed by atoms with Gasteiger partial charge in [0.2, 0.25) is 0 Å². The van der Waals surface area contributed by atoms with Gasteiger partial charge in [-0.15, -0.1) is 0 Å². The first kappa shape index (κ1) is 19.8. The first-order valence-corrected chi connectivity index (χ1v) is 10.5. The first-order chi connectivity index (χ1) is 13.2. The molecule has 0 saturated heterocycles. The number of hydrogen-bond donors (Lipinski definition) is 1. The Morgan fingerprint density at radius 3 is 2.43 bits per heavy atom. The molecule has 0 atom stereocenters. The number of carbonyl (C=O) groups excluding carboxylic acids is 2. The van der Waals surface area contributed by atoms with E-state index in [1.54, 1.807) is 0 Å². The number of carbonyl (C=O) groups is 2. The Kier molecular flexibility index (Phi) is 5.66. The normalized spacial score (nSPS) is 11.3. The SMILES string of the molecule is CC(=O)SCC(=O)c1ccc(NS(=O)(=O)c2ccc3oc(=O)ccc3c2)cc1. The zero-order valence-corrected chi connectivity index (χ0v) is 16.3. The summed E-state index contributed by atoms with van der Waals surface area (Å²) in [7, 11) is -3.87. The molecule has 0 radical (unpaired) electrons. The predicted molar refractivity (Wildman–Crippen MR) is 107 cm³/mol. The molecule has 0 aliphatic heterocycles. The van der Waals surface area contributed by atoms with E-state index < -0.39 is 15.6 Å². The summed E-state index contributed by atoms with van der Waals surface area (Å²) >= 11 is 0.920. The summed E-state index contributed by atoms with van der Waals surface area (Å²) in [6.45, 7) is 1.39. The molecule has 2 aromatic carbocycles. The van der Waals surface area contributed by atoms with Gasteiger partial charge in [-0.3, -0.25) is 14.3 Å². The zero-order chi connectivity index (χ0) is 20.3. The van der Waals surface area contributed by atoms with Crippen molar-refractivity contribution >= 4 is 49.3 Å². The van der Waals surface area contributed by atoms with Gasteiger partial charge in [0.05, 0.1) is 10.6 Å². The van der Waals surface area contributed by atoms with Crippen LogP contribution in [0.3, 0.4) is 0 Å². The molecule has 7 nitrogen and oxygen atoms in total. The molecule has 1 heterocycles. The standard InChI is InChI=1S/C19H15NO6S2/c1-12(21)27-11-17(22)13-2-5-15(6-3-13)20-28(24,25)16-7-8-18-14(10-16)4-9-19(23)26-18/h2-10,20H,11H2,1H3. The van der Waals surface area contributed by atoms with Crippen molar-refractivity contribution in [2.75, 3.05) is 10.5 Å². The van der Waals surface area contributed by atoms with Gasteiger partial charge in [-0.1, -0.05) is 11.8 Å². The van der Waals surface area contributed by atoms with Crippen molar-refractivity contribution in [2.45, 2.75) is 11.8 Å². The van der Waals surface area contributed by atoms with Crippen LogP contribution < -0.4 is 10.3 Å². The number of ketones is 1. The monoisotopic (exact) mass is 417 g/mol. The van der Waals surface area contributed by atoms with E-state index in [-0.39, 0.29) is 32.8 Å². The van der Waals surface area contributed by atoms with Crippen LogP contribution in [0.25, 0.3) is 11.0 Å². The van der Waals surface area contributed by atoms with Gasteiger partial charge in [0.15, 0.2) is 10.9 Å². The predicted octanol–water partition coefficient (Wildman–Crippen LogP) is 3.06. The third-order valence-electron chi connectivity index (χ3n) is 3.77. The van der Waals surface area contributed by atoms with Gasteiger partial charge in [0, 0.05) is 29.6 Å². The molecule has 144 valence electrons. The van der Waals surface area contributed by atoms with Crippen LogP contribution in [-0.2, 0) is 14.8 Å². The van der Waals surface area contributed by atoms with Crippen LogP contribution in [0, 0.1) is 0 Å². The molecule has 0 saturated carbocycles. The summed E-state index contributed by atoms with van der Waals surface area (Å²) in [4.78, 5) is 34.1. The summed E-state index contributed by atoms with van der Waals surface area (Å²) in [5, 5.41) is 0.332. The number of Topliss-reactive ketones (excluding diaryl/α,β-unsaturated/α-hetero) is 1. The molecule has 9 heteroatoms. The van der Waals surface area contributed by atoms with Crippen LogP contribution >= 0.6 is 11.8 Å².